The van der Waals surface area contributed by atoms with Gasteiger partial charge in [0.2, 0.25) is 5.91 Å². The Morgan fingerprint density at radius 1 is 1.17 bits per heavy atom. The van der Waals surface area contributed by atoms with E-state index in [2.05, 4.69) is 58.7 Å². The zero-order valence-electron chi connectivity index (χ0n) is 23.4. The number of piperazine rings is 1. The Bertz CT molecular complexity index is 1780. The quantitative estimate of drug-likeness (QED) is 0.307. The molecule has 0 radical (unpaired) electrons. The Labute approximate surface area is 237 Å². The molecule has 10 nitrogen and oxygen atoms in total. The van der Waals surface area contributed by atoms with Crippen LogP contribution in [-0.4, -0.2) is 88.3 Å². The maximum atomic E-state index is 12.2. The summed E-state index contributed by atoms with van der Waals surface area (Å²) in [6.07, 6.45) is 7.24. The second-order valence-corrected chi connectivity index (χ2v) is 11.0. The number of aromatic amines is 1. The van der Waals surface area contributed by atoms with E-state index in [1.165, 1.54) is 12.5 Å². The highest BCUT2D eigenvalue weighted by atomic mass is 16.5. The largest absolute Gasteiger partial charge is 0.463 e. The van der Waals surface area contributed by atoms with Gasteiger partial charge in [0, 0.05) is 43.0 Å². The standard InChI is InChI=1S/C31H33N7O3/c1-4-26(39)37-11-13-38(14-12-37)30-28-25(33-31(34-30)41-18-20-6-5-10-36(20)3)16-22(21-9-15-40-29(21)28)27-19(2)7-8-24-23(27)17-32-35-24/h4,7-9,15-17,20H,1,5-6,10-14,18H2,2-3H3,(H,32,35)/t20-/m0/s1. The minimum absolute atomic E-state index is 0.0521. The van der Waals surface area contributed by atoms with Crippen molar-refractivity contribution < 1.29 is 13.9 Å². The van der Waals surface area contributed by atoms with Crippen molar-refractivity contribution in [2.75, 3.05) is 51.3 Å². The Morgan fingerprint density at radius 3 is 2.80 bits per heavy atom. The van der Waals surface area contributed by atoms with Gasteiger partial charge in [0.15, 0.2) is 0 Å². The van der Waals surface area contributed by atoms with Crippen molar-refractivity contribution in [3.05, 3.63) is 54.9 Å². The lowest BCUT2D eigenvalue weighted by atomic mass is 9.93. The molecule has 210 valence electrons. The molecule has 2 fully saturated rings. The van der Waals surface area contributed by atoms with E-state index >= 15 is 0 Å². The van der Waals surface area contributed by atoms with Crippen LogP contribution < -0.4 is 9.64 Å². The smallest absolute Gasteiger partial charge is 0.319 e. The topological polar surface area (TPSA) is 104 Å². The summed E-state index contributed by atoms with van der Waals surface area (Å²) in [6.45, 7) is 9.80. The molecule has 2 aliphatic rings. The number of carbonyl (C=O) groups is 1. The number of likely N-dealkylation sites (tertiary alicyclic amines) is 1. The maximum Gasteiger partial charge on any atom is 0.319 e. The first-order chi connectivity index (χ1) is 20.0. The van der Waals surface area contributed by atoms with Gasteiger partial charge in [-0.25, -0.2) is 0 Å². The number of hydrogen-bond donors (Lipinski definition) is 1. The molecule has 0 spiro atoms. The van der Waals surface area contributed by atoms with Gasteiger partial charge >= 0.3 is 6.01 Å². The monoisotopic (exact) mass is 551 g/mol. The van der Waals surface area contributed by atoms with E-state index in [4.69, 9.17) is 19.1 Å². The molecule has 0 saturated carbocycles. The van der Waals surface area contributed by atoms with Crippen LogP contribution in [0.25, 0.3) is 43.9 Å². The van der Waals surface area contributed by atoms with E-state index in [1.807, 2.05) is 17.2 Å². The lowest BCUT2D eigenvalue weighted by molar-refractivity contribution is -0.126. The summed E-state index contributed by atoms with van der Waals surface area (Å²) in [6, 6.07) is 8.99. The van der Waals surface area contributed by atoms with Gasteiger partial charge in [0.1, 0.15) is 18.0 Å². The Kier molecular flexibility index (Phi) is 6.34. The average molecular weight is 552 g/mol. The van der Waals surface area contributed by atoms with E-state index in [-0.39, 0.29) is 5.91 Å². The van der Waals surface area contributed by atoms with Crippen molar-refractivity contribution in [3.63, 3.8) is 0 Å². The summed E-state index contributed by atoms with van der Waals surface area (Å²) in [7, 11) is 2.14. The van der Waals surface area contributed by atoms with Crippen molar-refractivity contribution in [1.29, 1.82) is 0 Å². The van der Waals surface area contributed by atoms with E-state index < -0.39 is 0 Å². The third-order valence-electron chi connectivity index (χ3n) is 8.60. The number of likely N-dealkylation sites (N-methyl/N-ethyl adjacent to an activating group) is 1. The van der Waals surface area contributed by atoms with Crippen LogP contribution in [0.15, 0.2) is 53.8 Å². The van der Waals surface area contributed by atoms with Crippen LogP contribution in [0.3, 0.4) is 0 Å². The highest BCUT2D eigenvalue weighted by Gasteiger charge is 2.27. The van der Waals surface area contributed by atoms with Gasteiger partial charge in [-0.2, -0.15) is 15.1 Å². The number of ether oxygens (including phenoxy) is 1. The maximum absolute atomic E-state index is 12.2. The number of rotatable bonds is 6. The molecule has 2 aromatic carbocycles. The first-order valence-electron chi connectivity index (χ1n) is 14.2. The molecule has 1 atom stereocenters. The van der Waals surface area contributed by atoms with Crippen molar-refractivity contribution in [1.82, 2.24) is 30.0 Å². The SMILES string of the molecule is C=CC(=O)N1CCN(c2nc(OC[C@@H]3CCCN3C)nc3cc(-c4c(C)ccc5[nH]ncc45)c4ccoc4c23)CC1. The average Bonchev–Trinajstić information content (AvgIpc) is 3.76. The molecule has 2 saturated heterocycles. The van der Waals surface area contributed by atoms with Crippen molar-refractivity contribution in [3.8, 4) is 17.1 Å². The molecule has 7 rings (SSSR count). The number of H-pyrrole nitrogens is 1. The molecule has 1 N–H and O–H groups in total. The van der Waals surface area contributed by atoms with E-state index in [1.54, 1.807) is 6.26 Å². The summed E-state index contributed by atoms with van der Waals surface area (Å²) in [4.78, 5) is 28.5. The fourth-order valence-electron chi connectivity index (χ4n) is 6.31. The van der Waals surface area contributed by atoms with Gasteiger partial charge < -0.3 is 23.9 Å². The van der Waals surface area contributed by atoms with Gasteiger partial charge in [-0.15, -0.1) is 0 Å². The van der Waals surface area contributed by atoms with Crippen molar-refractivity contribution in [2.24, 2.45) is 0 Å². The summed E-state index contributed by atoms with van der Waals surface area (Å²) < 4.78 is 12.5. The molecule has 1 amide bonds. The number of fused-ring (bicyclic) bond motifs is 4. The first-order valence-corrected chi connectivity index (χ1v) is 14.2. The van der Waals surface area contributed by atoms with Gasteiger partial charge in [-0.05, 0) is 74.3 Å². The highest BCUT2D eigenvalue weighted by molar-refractivity contribution is 6.16. The number of hydrogen-bond acceptors (Lipinski definition) is 8. The van der Waals surface area contributed by atoms with Crippen LogP contribution in [0.1, 0.15) is 18.4 Å². The minimum atomic E-state index is -0.0521. The molecule has 3 aromatic heterocycles. The molecule has 5 heterocycles. The molecule has 2 aliphatic heterocycles. The third kappa shape index (κ3) is 4.39. The number of benzene rings is 2. The number of furan rings is 1. The van der Waals surface area contributed by atoms with Gasteiger partial charge in [-0.1, -0.05) is 12.6 Å². The number of aromatic nitrogens is 4. The lowest BCUT2D eigenvalue weighted by Gasteiger charge is -2.35. The lowest BCUT2D eigenvalue weighted by Crippen LogP contribution is -2.48. The second kappa shape index (κ2) is 10.2. The summed E-state index contributed by atoms with van der Waals surface area (Å²) in [5.74, 6) is 0.712. The molecule has 0 bridgehead atoms. The predicted molar refractivity (Wildman–Crippen MR) is 159 cm³/mol. The van der Waals surface area contributed by atoms with Crippen LogP contribution in [0, 0.1) is 6.92 Å². The molecule has 5 aromatic rings. The Hall–Kier alpha value is -4.44. The first kappa shape index (κ1) is 25.5. The number of anilines is 1. The van der Waals surface area contributed by atoms with E-state index in [9.17, 15) is 4.79 Å². The van der Waals surface area contributed by atoms with Gasteiger partial charge in [-0.3, -0.25) is 9.89 Å². The van der Waals surface area contributed by atoms with Crippen molar-refractivity contribution >= 4 is 44.5 Å². The van der Waals surface area contributed by atoms with Crippen LogP contribution in [0.2, 0.25) is 0 Å². The van der Waals surface area contributed by atoms with E-state index in [0.717, 1.165) is 68.2 Å². The number of amides is 1. The molecule has 41 heavy (non-hydrogen) atoms. The second-order valence-electron chi connectivity index (χ2n) is 11.0. The fraction of sp³-hybridized carbons (Fsp3) is 0.355. The van der Waals surface area contributed by atoms with Gasteiger partial charge in [0.25, 0.3) is 0 Å². The van der Waals surface area contributed by atoms with E-state index in [0.29, 0.717) is 44.8 Å². The zero-order valence-corrected chi connectivity index (χ0v) is 23.4. The normalized spacial score (nSPS) is 18.1. The van der Waals surface area contributed by atoms with Crippen LogP contribution >= 0.6 is 0 Å². The summed E-state index contributed by atoms with van der Waals surface area (Å²) >= 11 is 0. The Morgan fingerprint density at radius 2 is 2.02 bits per heavy atom. The number of carbonyl (C=O) groups excluding carboxylic acids is 1. The zero-order chi connectivity index (χ0) is 28.1. The summed E-state index contributed by atoms with van der Waals surface area (Å²) in [5, 5.41) is 10.3. The number of nitrogens with one attached hydrogen (secondary N) is 1. The molecule has 0 unspecified atom stereocenters. The number of nitrogens with zero attached hydrogens (tertiary/aromatic N) is 6. The summed E-state index contributed by atoms with van der Waals surface area (Å²) in [5.41, 5.74) is 5.72. The van der Waals surface area contributed by atoms with Crippen molar-refractivity contribution in [2.45, 2.75) is 25.8 Å². The molecule has 10 heteroatoms. The molecular weight excluding hydrogens is 518 g/mol. The highest BCUT2D eigenvalue weighted by Crippen LogP contribution is 2.42. The minimum Gasteiger partial charge on any atom is -0.463 e. The third-order valence-corrected chi connectivity index (χ3v) is 8.60. The van der Waals surface area contributed by atoms with Crippen LogP contribution in [-0.2, 0) is 4.79 Å². The Balaban J connectivity index is 1.38. The number of aryl methyl sites for hydroxylation is 1. The van der Waals surface area contributed by atoms with Gasteiger partial charge in [0.05, 0.1) is 28.9 Å². The molecule has 0 aliphatic carbocycles. The fourth-order valence-corrected chi connectivity index (χ4v) is 6.31. The van der Waals surface area contributed by atoms with Crippen LogP contribution in [0.5, 0.6) is 6.01 Å². The molecular formula is C31H33N7O3. The van der Waals surface area contributed by atoms with Crippen LogP contribution in [0.4, 0.5) is 5.82 Å². The predicted octanol–water partition coefficient (Wildman–Crippen LogP) is 4.54.